The monoisotopic (exact) mass is 355 g/mol. The van der Waals surface area contributed by atoms with Crippen LogP contribution in [0.2, 0.25) is 0 Å². The van der Waals surface area contributed by atoms with Gasteiger partial charge in [0.2, 0.25) is 0 Å². The van der Waals surface area contributed by atoms with E-state index in [0.717, 1.165) is 0 Å². The molecular weight excluding hydrogens is 344 g/mol. The summed E-state index contributed by atoms with van der Waals surface area (Å²) in [5, 5.41) is 7.13. The summed E-state index contributed by atoms with van der Waals surface area (Å²) in [5.41, 5.74) is 0.847. The molecule has 0 aliphatic rings. The number of benzene rings is 2. The molecule has 0 amide bonds. The van der Waals surface area contributed by atoms with Crippen molar-refractivity contribution < 1.29 is 26.6 Å². The second-order valence-corrected chi connectivity index (χ2v) is 6.52. The van der Waals surface area contributed by atoms with Crippen molar-refractivity contribution in [2.75, 3.05) is 4.72 Å². The number of hydrogen-bond donors (Lipinski definition) is 1. The van der Waals surface area contributed by atoms with Gasteiger partial charge >= 0.3 is 6.61 Å². The molecule has 0 aliphatic carbocycles. The van der Waals surface area contributed by atoms with Gasteiger partial charge in [-0.3, -0.25) is 4.72 Å². The summed E-state index contributed by atoms with van der Waals surface area (Å²) in [6.07, 6.45) is 0. The second kappa shape index (κ2) is 6.04. The van der Waals surface area contributed by atoms with E-state index in [0.29, 0.717) is 5.56 Å². The van der Waals surface area contributed by atoms with E-state index in [1.165, 1.54) is 36.4 Å². The predicted octanol–water partition coefficient (Wildman–Crippen LogP) is 2.93. The lowest BCUT2D eigenvalue weighted by molar-refractivity contribution is -0.0493. The van der Waals surface area contributed by atoms with Gasteiger partial charge in [-0.1, -0.05) is 12.1 Å². The van der Waals surface area contributed by atoms with Crippen molar-refractivity contribution in [3.8, 4) is 5.75 Å². The van der Waals surface area contributed by atoms with Gasteiger partial charge in [-0.15, -0.1) is 0 Å². The number of halogens is 2. The van der Waals surface area contributed by atoms with Crippen molar-refractivity contribution in [2.45, 2.75) is 18.4 Å². The van der Waals surface area contributed by atoms with Crippen LogP contribution in [0.5, 0.6) is 5.75 Å². The molecular formula is C14H11F2N3O4S. The van der Waals surface area contributed by atoms with Gasteiger partial charge in [0.15, 0.2) is 5.52 Å². The van der Waals surface area contributed by atoms with Crippen molar-refractivity contribution in [1.29, 1.82) is 0 Å². The molecule has 24 heavy (non-hydrogen) atoms. The summed E-state index contributed by atoms with van der Waals surface area (Å²) in [4.78, 5) is -0.189. The first-order chi connectivity index (χ1) is 11.4. The van der Waals surface area contributed by atoms with E-state index in [1.807, 2.05) is 0 Å². The highest BCUT2D eigenvalue weighted by Gasteiger charge is 2.22. The zero-order valence-electron chi connectivity index (χ0n) is 12.2. The molecule has 7 nitrogen and oxygen atoms in total. The van der Waals surface area contributed by atoms with Crippen LogP contribution in [0.4, 0.5) is 14.5 Å². The number of rotatable bonds is 5. The number of sulfonamides is 1. The molecule has 3 aromatic rings. The molecule has 1 aromatic heterocycles. The lowest BCUT2D eigenvalue weighted by atomic mass is 10.2. The number of nitrogens with zero attached hydrogens (tertiary/aromatic N) is 2. The molecule has 0 radical (unpaired) electrons. The summed E-state index contributed by atoms with van der Waals surface area (Å²) in [6.45, 7) is -1.40. The van der Waals surface area contributed by atoms with Gasteiger partial charge in [-0.05, 0) is 47.1 Å². The Labute approximate surface area is 135 Å². The zero-order valence-corrected chi connectivity index (χ0v) is 13.0. The first-order valence-corrected chi connectivity index (χ1v) is 8.15. The maximum Gasteiger partial charge on any atom is 0.387 e. The van der Waals surface area contributed by atoms with E-state index in [2.05, 4.69) is 24.4 Å². The number of ether oxygens (including phenoxy) is 1. The number of fused-ring (bicyclic) bond motifs is 1. The van der Waals surface area contributed by atoms with Crippen LogP contribution >= 0.6 is 0 Å². The molecule has 0 fully saturated rings. The highest BCUT2D eigenvalue weighted by Crippen LogP contribution is 2.30. The maximum atomic E-state index is 12.6. The van der Waals surface area contributed by atoms with Gasteiger partial charge in [0, 0.05) is 0 Å². The smallest absolute Gasteiger partial charge is 0.387 e. The molecule has 1 N–H and O–H groups in total. The number of alkyl halides is 2. The van der Waals surface area contributed by atoms with Gasteiger partial charge in [-0.2, -0.15) is 8.78 Å². The molecule has 0 bridgehead atoms. The minimum atomic E-state index is -4.12. The summed E-state index contributed by atoms with van der Waals surface area (Å²) in [5.74, 6) is -0.287. The van der Waals surface area contributed by atoms with Gasteiger partial charge in [-0.25, -0.2) is 13.0 Å². The molecule has 0 aliphatic heterocycles. The van der Waals surface area contributed by atoms with Gasteiger partial charge < -0.3 is 4.74 Å². The lowest BCUT2D eigenvalue weighted by Crippen LogP contribution is -2.15. The Morgan fingerprint density at radius 1 is 1.21 bits per heavy atom. The average Bonchev–Trinajstić information content (AvgIpc) is 2.97. The molecule has 0 spiro atoms. The fourth-order valence-corrected chi connectivity index (χ4v) is 3.33. The summed E-state index contributed by atoms with van der Waals surface area (Å²) in [6, 6.07) is 8.47. The van der Waals surface area contributed by atoms with E-state index in [4.69, 9.17) is 0 Å². The molecule has 1 heterocycles. The Morgan fingerprint density at radius 3 is 2.75 bits per heavy atom. The summed E-state index contributed by atoms with van der Waals surface area (Å²) < 4.78 is 61.3. The summed E-state index contributed by atoms with van der Waals surface area (Å²) in [7, 11) is -4.12. The van der Waals surface area contributed by atoms with Crippen molar-refractivity contribution >= 4 is 26.7 Å². The molecule has 2 aromatic carbocycles. The van der Waals surface area contributed by atoms with Crippen molar-refractivity contribution in [3.63, 3.8) is 0 Å². The first-order valence-electron chi connectivity index (χ1n) is 6.66. The fraction of sp³-hybridized carbons (Fsp3) is 0.143. The number of aromatic nitrogens is 2. The Kier molecular flexibility index (Phi) is 4.06. The standard InChI is InChI=1S/C14H11F2N3O4S/c1-8-5-6-11(22-14(15)16)10(7-8)19-24(20,21)12-4-2-3-9-13(12)18-23-17-9/h2-7,14,19H,1H3. The van der Waals surface area contributed by atoms with Crippen molar-refractivity contribution in [3.05, 3.63) is 42.0 Å². The molecule has 0 unspecified atom stereocenters. The number of anilines is 1. The van der Waals surface area contributed by atoms with Crippen LogP contribution in [-0.4, -0.2) is 25.3 Å². The second-order valence-electron chi connectivity index (χ2n) is 4.87. The van der Waals surface area contributed by atoms with E-state index in [-0.39, 0.29) is 27.4 Å². The minimum absolute atomic E-state index is 0.0361. The van der Waals surface area contributed by atoms with Crippen LogP contribution in [0, 0.1) is 6.92 Å². The quantitative estimate of drug-likeness (QED) is 0.756. The molecule has 10 heteroatoms. The van der Waals surface area contributed by atoms with Crippen LogP contribution in [0.3, 0.4) is 0 Å². The summed E-state index contributed by atoms with van der Waals surface area (Å²) >= 11 is 0. The fourth-order valence-electron chi connectivity index (χ4n) is 2.12. The van der Waals surface area contributed by atoms with Gasteiger partial charge in [0.25, 0.3) is 10.0 Å². The highest BCUT2D eigenvalue weighted by atomic mass is 32.2. The Balaban J connectivity index is 2.04. The van der Waals surface area contributed by atoms with Crippen LogP contribution in [-0.2, 0) is 10.0 Å². The lowest BCUT2D eigenvalue weighted by Gasteiger charge is -2.14. The molecule has 0 saturated heterocycles. The van der Waals surface area contributed by atoms with E-state index >= 15 is 0 Å². The molecule has 0 saturated carbocycles. The average molecular weight is 355 g/mol. The third-order valence-corrected chi connectivity index (χ3v) is 4.53. The Morgan fingerprint density at radius 2 is 2.00 bits per heavy atom. The molecule has 126 valence electrons. The van der Waals surface area contributed by atoms with Gasteiger partial charge in [0.1, 0.15) is 16.2 Å². The Hall–Kier alpha value is -2.75. The predicted molar refractivity (Wildman–Crippen MR) is 80.4 cm³/mol. The third kappa shape index (κ3) is 3.13. The number of nitrogens with one attached hydrogen (secondary N) is 1. The van der Waals surface area contributed by atoms with E-state index in [9.17, 15) is 17.2 Å². The van der Waals surface area contributed by atoms with Crippen LogP contribution in [0.25, 0.3) is 11.0 Å². The number of hydrogen-bond acceptors (Lipinski definition) is 6. The van der Waals surface area contributed by atoms with Crippen LogP contribution in [0.1, 0.15) is 5.56 Å². The van der Waals surface area contributed by atoms with E-state index < -0.39 is 16.6 Å². The SMILES string of the molecule is Cc1ccc(OC(F)F)c(NS(=O)(=O)c2cccc3nonc23)c1. The zero-order chi connectivity index (χ0) is 17.3. The topological polar surface area (TPSA) is 94.3 Å². The van der Waals surface area contributed by atoms with Crippen LogP contribution < -0.4 is 9.46 Å². The minimum Gasteiger partial charge on any atom is -0.433 e. The van der Waals surface area contributed by atoms with Gasteiger partial charge in [0.05, 0.1) is 5.69 Å². The number of aryl methyl sites for hydroxylation is 1. The van der Waals surface area contributed by atoms with Crippen LogP contribution in [0.15, 0.2) is 45.9 Å². The van der Waals surface area contributed by atoms with Crippen molar-refractivity contribution in [2.24, 2.45) is 0 Å². The largest absolute Gasteiger partial charge is 0.433 e. The maximum absolute atomic E-state index is 12.6. The van der Waals surface area contributed by atoms with E-state index in [1.54, 1.807) is 6.92 Å². The highest BCUT2D eigenvalue weighted by molar-refractivity contribution is 7.93. The van der Waals surface area contributed by atoms with Crippen molar-refractivity contribution in [1.82, 2.24) is 10.3 Å². The first kappa shape index (κ1) is 16.1. The molecule has 0 atom stereocenters. The molecule has 3 rings (SSSR count). The Bertz CT molecular complexity index is 989. The normalized spacial score (nSPS) is 11.8. The third-order valence-electron chi connectivity index (χ3n) is 3.13.